The molecule has 1 fully saturated rings. The molecule has 0 atom stereocenters. The number of nitrogens with two attached hydrogens (primary N) is 1. The van der Waals surface area contributed by atoms with E-state index >= 15 is 0 Å². The van der Waals surface area contributed by atoms with Crippen LogP contribution >= 0.6 is 0 Å². The average Bonchev–Trinajstić information content (AvgIpc) is 2.67. The van der Waals surface area contributed by atoms with Crippen LogP contribution in [0.1, 0.15) is 24.8 Å². The van der Waals surface area contributed by atoms with Crippen LogP contribution in [0.15, 0.2) is 59.5 Å². The lowest BCUT2D eigenvalue weighted by Crippen LogP contribution is -2.41. The van der Waals surface area contributed by atoms with Crippen LogP contribution in [0.4, 0.5) is 10.5 Å². The Bertz CT molecular complexity index is 859. The summed E-state index contributed by atoms with van der Waals surface area (Å²) in [5.74, 6) is 0.642. The predicted molar refractivity (Wildman–Crippen MR) is 106 cm³/mol. The first-order valence-electron chi connectivity index (χ1n) is 9.14. The zero-order valence-electron chi connectivity index (χ0n) is 15.2. The summed E-state index contributed by atoms with van der Waals surface area (Å²) in [7, 11) is -3.72. The van der Waals surface area contributed by atoms with E-state index in [0.717, 1.165) is 38.8 Å². The van der Waals surface area contributed by atoms with Crippen molar-refractivity contribution < 1.29 is 13.2 Å². The summed E-state index contributed by atoms with van der Waals surface area (Å²) in [4.78, 5) is 14.2. The molecule has 0 radical (unpaired) electrons. The molecule has 3 rings (SSSR count). The van der Waals surface area contributed by atoms with Crippen LogP contribution in [-0.4, -0.2) is 32.4 Å². The molecule has 1 aliphatic rings. The zero-order valence-corrected chi connectivity index (χ0v) is 16.0. The van der Waals surface area contributed by atoms with E-state index < -0.39 is 10.0 Å². The molecule has 3 N–H and O–H groups in total. The number of anilines is 1. The Hall–Kier alpha value is -2.38. The fourth-order valence-corrected chi connectivity index (χ4v) is 3.89. The molecule has 0 unspecified atom stereocenters. The molecule has 0 spiro atoms. The van der Waals surface area contributed by atoms with Crippen molar-refractivity contribution >= 4 is 21.7 Å². The fraction of sp³-hybridized carbons (Fsp3) is 0.350. The number of aryl methyl sites for hydroxylation is 1. The van der Waals surface area contributed by atoms with Gasteiger partial charge in [0.2, 0.25) is 10.0 Å². The number of benzene rings is 2. The number of rotatable bonds is 5. The molecule has 2 aromatic rings. The minimum Gasteiger partial charge on any atom is -0.325 e. The van der Waals surface area contributed by atoms with Gasteiger partial charge in [0.1, 0.15) is 0 Å². The van der Waals surface area contributed by atoms with Gasteiger partial charge in [-0.25, -0.2) is 18.4 Å². The number of hydrogen-bond acceptors (Lipinski definition) is 3. The Morgan fingerprint density at radius 2 is 1.67 bits per heavy atom. The second kappa shape index (κ2) is 8.54. The fourth-order valence-electron chi connectivity index (χ4n) is 3.37. The van der Waals surface area contributed by atoms with Gasteiger partial charge in [0.25, 0.3) is 0 Å². The first-order chi connectivity index (χ1) is 12.9. The van der Waals surface area contributed by atoms with Gasteiger partial charge in [-0.1, -0.05) is 30.3 Å². The molecular formula is C20H25N3O3S. The molecule has 0 aromatic heterocycles. The lowest BCUT2D eigenvalue weighted by molar-refractivity contribution is 0.180. The molecule has 2 aromatic carbocycles. The van der Waals surface area contributed by atoms with Gasteiger partial charge in [0.15, 0.2) is 0 Å². The van der Waals surface area contributed by atoms with E-state index in [2.05, 4.69) is 29.6 Å². The molecule has 0 aliphatic carbocycles. The van der Waals surface area contributed by atoms with Crippen molar-refractivity contribution in [1.29, 1.82) is 0 Å². The maximum Gasteiger partial charge on any atom is 0.321 e. The van der Waals surface area contributed by atoms with Gasteiger partial charge in [-0.3, -0.25) is 0 Å². The summed E-state index contributed by atoms with van der Waals surface area (Å²) >= 11 is 0. The number of carbonyl (C=O) groups is 1. The highest BCUT2D eigenvalue weighted by molar-refractivity contribution is 7.89. The topological polar surface area (TPSA) is 92.5 Å². The number of nitrogens with one attached hydrogen (secondary N) is 1. The number of urea groups is 1. The Labute approximate surface area is 160 Å². The molecule has 144 valence electrons. The maximum atomic E-state index is 12.4. The van der Waals surface area contributed by atoms with Crippen molar-refractivity contribution in [1.82, 2.24) is 4.90 Å². The lowest BCUT2D eigenvalue weighted by Gasteiger charge is -2.32. The summed E-state index contributed by atoms with van der Waals surface area (Å²) in [6.07, 6.45) is 4.23. The Balaban J connectivity index is 1.45. The van der Waals surface area contributed by atoms with Crippen molar-refractivity contribution in [3.05, 3.63) is 60.2 Å². The minimum absolute atomic E-state index is 0.0275. The molecule has 1 aliphatic heterocycles. The third kappa shape index (κ3) is 5.55. The number of piperidine rings is 1. The lowest BCUT2D eigenvalue weighted by atomic mass is 9.90. The number of carbonyl (C=O) groups excluding carboxylic acids is 1. The molecule has 6 nitrogen and oxygen atoms in total. The van der Waals surface area contributed by atoms with E-state index in [1.807, 2.05) is 11.0 Å². The van der Waals surface area contributed by atoms with Crippen LogP contribution in [0.2, 0.25) is 0 Å². The van der Waals surface area contributed by atoms with Crippen LogP contribution in [0, 0.1) is 5.92 Å². The second-order valence-corrected chi connectivity index (χ2v) is 8.52. The average molecular weight is 388 g/mol. The van der Waals surface area contributed by atoms with Gasteiger partial charge in [-0.05, 0) is 61.4 Å². The first kappa shape index (κ1) is 19.4. The van der Waals surface area contributed by atoms with Gasteiger partial charge in [0.05, 0.1) is 4.90 Å². The van der Waals surface area contributed by atoms with Gasteiger partial charge in [-0.2, -0.15) is 0 Å². The van der Waals surface area contributed by atoms with Crippen LogP contribution in [-0.2, 0) is 16.4 Å². The molecular weight excluding hydrogens is 362 g/mol. The predicted octanol–water partition coefficient (Wildman–Crippen LogP) is 3.21. The van der Waals surface area contributed by atoms with Gasteiger partial charge in [0, 0.05) is 18.8 Å². The molecule has 27 heavy (non-hydrogen) atoms. The van der Waals surface area contributed by atoms with Crippen LogP contribution in [0.25, 0.3) is 0 Å². The maximum absolute atomic E-state index is 12.4. The van der Waals surface area contributed by atoms with Crippen molar-refractivity contribution in [2.75, 3.05) is 18.4 Å². The van der Waals surface area contributed by atoms with Gasteiger partial charge in [-0.15, -0.1) is 0 Å². The monoisotopic (exact) mass is 387 g/mol. The number of hydrogen-bond donors (Lipinski definition) is 2. The summed E-state index contributed by atoms with van der Waals surface area (Å²) in [5.41, 5.74) is 1.92. The van der Waals surface area contributed by atoms with E-state index in [-0.39, 0.29) is 10.9 Å². The number of nitrogens with zero attached hydrogens (tertiary/aromatic N) is 1. The number of amides is 2. The largest absolute Gasteiger partial charge is 0.325 e. The summed E-state index contributed by atoms with van der Waals surface area (Å²) in [6, 6.07) is 16.2. The second-order valence-electron chi connectivity index (χ2n) is 6.95. The first-order valence-corrected chi connectivity index (χ1v) is 10.7. The number of likely N-dealkylation sites (tertiary alicyclic amines) is 1. The van der Waals surface area contributed by atoms with E-state index in [0.29, 0.717) is 11.6 Å². The minimum atomic E-state index is -3.72. The summed E-state index contributed by atoms with van der Waals surface area (Å²) in [5, 5.41) is 7.89. The van der Waals surface area contributed by atoms with E-state index in [1.165, 1.54) is 17.7 Å². The highest BCUT2D eigenvalue weighted by Gasteiger charge is 2.22. The van der Waals surface area contributed by atoms with Crippen molar-refractivity contribution in [3.63, 3.8) is 0 Å². The Morgan fingerprint density at radius 3 is 2.26 bits per heavy atom. The molecule has 1 saturated heterocycles. The molecule has 7 heteroatoms. The molecule has 0 bridgehead atoms. The van der Waals surface area contributed by atoms with Crippen molar-refractivity contribution in [3.8, 4) is 0 Å². The molecule has 1 heterocycles. The SMILES string of the molecule is NS(=O)(=O)c1ccc(NC(=O)N2CCC(CCc3ccccc3)CC2)cc1. The van der Waals surface area contributed by atoms with Crippen molar-refractivity contribution in [2.24, 2.45) is 11.1 Å². The number of primary sulfonamides is 1. The Morgan fingerprint density at radius 1 is 1.04 bits per heavy atom. The normalized spacial score (nSPS) is 15.5. The van der Waals surface area contributed by atoms with E-state index in [9.17, 15) is 13.2 Å². The third-order valence-electron chi connectivity index (χ3n) is 5.02. The van der Waals surface area contributed by atoms with Crippen LogP contribution < -0.4 is 10.5 Å². The molecule has 0 saturated carbocycles. The Kier molecular flexibility index (Phi) is 6.13. The standard InChI is InChI=1S/C20H25N3O3S/c21-27(25,26)19-10-8-18(9-11-19)22-20(24)23-14-12-17(13-15-23)7-6-16-4-2-1-3-5-16/h1-5,8-11,17H,6-7,12-15H2,(H,22,24)(H2,21,25,26). The summed E-state index contributed by atoms with van der Waals surface area (Å²) < 4.78 is 22.5. The van der Waals surface area contributed by atoms with E-state index in [1.54, 1.807) is 12.1 Å². The number of sulfonamides is 1. The van der Waals surface area contributed by atoms with Crippen LogP contribution in [0.3, 0.4) is 0 Å². The summed E-state index contributed by atoms with van der Waals surface area (Å²) in [6.45, 7) is 1.47. The van der Waals surface area contributed by atoms with Crippen molar-refractivity contribution in [2.45, 2.75) is 30.6 Å². The van der Waals surface area contributed by atoms with Gasteiger partial charge >= 0.3 is 6.03 Å². The highest BCUT2D eigenvalue weighted by Crippen LogP contribution is 2.23. The smallest absolute Gasteiger partial charge is 0.321 e. The zero-order chi connectivity index (χ0) is 19.3. The van der Waals surface area contributed by atoms with Crippen LogP contribution in [0.5, 0.6) is 0 Å². The van der Waals surface area contributed by atoms with E-state index in [4.69, 9.17) is 5.14 Å². The quantitative estimate of drug-likeness (QED) is 0.825. The molecule has 2 amide bonds. The highest BCUT2D eigenvalue weighted by atomic mass is 32.2. The third-order valence-corrected chi connectivity index (χ3v) is 5.95. The van der Waals surface area contributed by atoms with Gasteiger partial charge < -0.3 is 10.2 Å².